The first-order chi connectivity index (χ1) is 10.3. The van der Waals surface area contributed by atoms with Crippen molar-refractivity contribution in [2.24, 2.45) is 0 Å². The van der Waals surface area contributed by atoms with Gasteiger partial charge in [0.05, 0.1) is 6.10 Å². The molecule has 0 aliphatic carbocycles. The topological polar surface area (TPSA) is 63.5 Å². The zero-order valence-corrected chi connectivity index (χ0v) is 13.5. The first-order valence-corrected chi connectivity index (χ1v) is 8.19. The van der Waals surface area contributed by atoms with Gasteiger partial charge in [0.25, 0.3) is 0 Å². The minimum Gasteiger partial charge on any atom is -0.378 e. The number of piperidine rings is 1. The van der Waals surface area contributed by atoms with Crippen LogP contribution in [0, 0.1) is 0 Å². The van der Waals surface area contributed by atoms with E-state index in [0.29, 0.717) is 12.1 Å². The summed E-state index contributed by atoms with van der Waals surface area (Å²) in [6.45, 7) is 3.76. The molecule has 0 amide bonds. The van der Waals surface area contributed by atoms with E-state index in [1.807, 2.05) is 18.3 Å². The van der Waals surface area contributed by atoms with Gasteiger partial charge in [0.2, 0.25) is 5.95 Å². The maximum absolute atomic E-state index is 5.86. The molecule has 2 aromatic heterocycles. The summed E-state index contributed by atoms with van der Waals surface area (Å²) in [6, 6.07) is 3.89. The minimum absolute atomic E-state index is 0.428. The molecule has 7 heteroatoms. The molecule has 1 fully saturated rings. The molecular formula is C14H20BrN5O. The summed E-state index contributed by atoms with van der Waals surface area (Å²) in [4.78, 5) is 4.41. The van der Waals surface area contributed by atoms with E-state index in [1.165, 1.54) is 0 Å². The first-order valence-electron chi connectivity index (χ1n) is 7.39. The number of hydrogen-bond donors (Lipinski definition) is 2. The Balaban J connectivity index is 1.40. The molecule has 0 atom stereocenters. The summed E-state index contributed by atoms with van der Waals surface area (Å²) in [5.74, 6) is 0.662. The standard InChI is InChI=1S/C14H20BrN5O/c15-11-2-3-13-18-14(19-20(13)10-11)17-6-1-9-21-12-4-7-16-8-5-12/h2-3,10,12,16H,1,4-9H2,(H,17,19). The fourth-order valence-corrected chi connectivity index (χ4v) is 2.74. The van der Waals surface area contributed by atoms with Crippen LogP contribution in [0.5, 0.6) is 0 Å². The van der Waals surface area contributed by atoms with Crippen LogP contribution in [0.1, 0.15) is 19.3 Å². The lowest BCUT2D eigenvalue weighted by atomic mass is 10.1. The van der Waals surface area contributed by atoms with Crippen molar-refractivity contribution >= 4 is 27.5 Å². The first kappa shape index (κ1) is 14.7. The quantitative estimate of drug-likeness (QED) is 0.778. The van der Waals surface area contributed by atoms with Gasteiger partial charge in [0.15, 0.2) is 5.65 Å². The Kier molecular flexibility index (Phi) is 5.05. The number of nitrogens with one attached hydrogen (secondary N) is 2. The normalized spacial score (nSPS) is 16.4. The smallest absolute Gasteiger partial charge is 0.243 e. The van der Waals surface area contributed by atoms with E-state index >= 15 is 0 Å². The molecule has 0 aromatic carbocycles. The van der Waals surface area contributed by atoms with Crippen LogP contribution >= 0.6 is 15.9 Å². The van der Waals surface area contributed by atoms with Crippen LogP contribution in [0.4, 0.5) is 5.95 Å². The van der Waals surface area contributed by atoms with E-state index in [1.54, 1.807) is 4.52 Å². The predicted octanol–water partition coefficient (Wildman–Crippen LogP) is 2.06. The molecule has 3 heterocycles. The van der Waals surface area contributed by atoms with Crippen LogP contribution in [0.3, 0.4) is 0 Å². The van der Waals surface area contributed by atoms with Crippen molar-refractivity contribution in [3.63, 3.8) is 0 Å². The zero-order chi connectivity index (χ0) is 14.5. The van der Waals surface area contributed by atoms with Crippen molar-refractivity contribution in [3.8, 4) is 0 Å². The zero-order valence-electron chi connectivity index (χ0n) is 11.9. The number of rotatable bonds is 6. The van der Waals surface area contributed by atoms with Crippen molar-refractivity contribution in [2.45, 2.75) is 25.4 Å². The summed E-state index contributed by atoms with van der Waals surface area (Å²) >= 11 is 3.42. The molecule has 6 nitrogen and oxygen atoms in total. The Bertz CT molecular complexity index is 582. The molecule has 1 aliphatic rings. The van der Waals surface area contributed by atoms with Crippen LogP contribution in [0.2, 0.25) is 0 Å². The number of aromatic nitrogens is 3. The molecule has 2 aromatic rings. The van der Waals surface area contributed by atoms with Gasteiger partial charge in [0.1, 0.15) is 0 Å². The Labute approximate surface area is 132 Å². The van der Waals surface area contributed by atoms with E-state index in [9.17, 15) is 0 Å². The summed E-state index contributed by atoms with van der Waals surface area (Å²) in [6.07, 6.45) is 5.53. The molecule has 0 unspecified atom stereocenters. The summed E-state index contributed by atoms with van der Waals surface area (Å²) in [7, 11) is 0. The monoisotopic (exact) mass is 353 g/mol. The van der Waals surface area contributed by atoms with Crippen molar-refractivity contribution in [1.29, 1.82) is 0 Å². The lowest BCUT2D eigenvalue weighted by molar-refractivity contribution is 0.0329. The van der Waals surface area contributed by atoms with Crippen molar-refractivity contribution in [2.75, 3.05) is 31.6 Å². The molecule has 114 valence electrons. The van der Waals surface area contributed by atoms with Crippen molar-refractivity contribution < 1.29 is 4.74 Å². The van der Waals surface area contributed by atoms with E-state index in [2.05, 4.69) is 36.6 Å². The summed E-state index contributed by atoms with van der Waals surface area (Å²) in [5, 5.41) is 11.0. The highest BCUT2D eigenvalue weighted by Crippen LogP contribution is 2.12. The number of ether oxygens (including phenoxy) is 1. The molecular weight excluding hydrogens is 334 g/mol. The number of fused-ring (bicyclic) bond motifs is 1. The Hall–Kier alpha value is -1.18. The SMILES string of the molecule is Brc1ccc2nc(NCCCOC3CCNCC3)nn2c1. The third-order valence-corrected chi connectivity index (χ3v) is 4.01. The van der Waals surface area contributed by atoms with Crippen molar-refractivity contribution in [1.82, 2.24) is 19.9 Å². The molecule has 1 aliphatic heterocycles. The highest BCUT2D eigenvalue weighted by atomic mass is 79.9. The van der Waals surface area contributed by atoms with Gasteiger partial charge in [-0.1, -0.05) is 0 Å². The maximum Gasteiger partial charge on any atom is 0.243 e. The van der Waals surface area contributed by atoms with Crippen LogP contribution in [-0.2, 0) is 4.74 Å². The fourth-order valence-electron chi connectivity index (χ4n) is 2.42. The highest BCUT2D eigenvalue weighted by molar-refractivity contribution is 9.10. The third-order valence-electron chi connectivity index (χ3n) is 3.54. The number of halogens is 1. The highest BCUT2D eigenvalue weighted by Gasteiger charge is 2.12. The molecule has 3 rings (SSSR count). The Morgan fingerprint density at radius 3 is 3.10 bits per heavy atom. The minimum atomic E-state index is 0.428. The van der Waals surface area contributed by atoms with Crippen LogP contribution in [-0.4, -0.2) is 46.9 Å². The predicted molar refractivity (Wildman–Crippen MR) is 85.6 cm³/mol. The van der Waals surface area contributed by atoms with Crippen LogP contribution in [0.15, 0.2) is 22.8 Å². The largest absolute Gasteiger partial charge is 0.378 e. The van der Waals surface area contributed by atoms with Gasteiger partial charge in [-0.25, -0.2) is 4.52 Å². The molecule has 0 saturated carbocycles. The van der Waals surface area contributed by atoms with Crippen molar-refractivity contribution in [3.05, 3.63) is 22.8 Å². The molecule has 0 radical (unpaired) electrons. The van der Waals surface area contributed by atoms with Crippen LogP contribution in [0.25, 0.3) is 5.65 Å². The molecule has 0 spiro atoms. The average molecular weight is 354 g/mol. The van der Waals surface area contributed by atoms with Gasteiger partial charge in [0, 0.05) is 23.8 Å². The average Bonchev–Trinajstić information content (AvgIpc) is 2.90. The van der Waals surface area contributed by atoms with E-state index < -0.39 is 0 Å². The van der Waals surface area contributed by atoms with E-state index in [-0.39, 0.29) is 0 Å². The Morgan fingerprint density at radius 2 is 2.24 bits per heavy atom. The summed E-state index contributed by atoms with van der Waals surface area (Å²) in [5.41, 5.74) is 0.839. The molecule has 2 N–H and O–H groups in total. The van der Waals surface area contributed by atoms with E-state index in [4.69, 9.17) is 4.74 Å². The molecule has 0 bridgehead atoms. The lowest BCUT2D eigenvalue weighted by Gasteiger charge is -2.22. The molecule has 1 saturated heterocycles. The van der Waals surface area contributed by atoms with Gasteiger partial charge >= 0.3 is 0 Å². The molecule has 21 heavy (non-hydrogen) atoms. The van der Waals surface area contributed by atoms with Gasteiger partial charge in [-0.2, -0.15) is 4.98 Å². The third kappa shape index (κ3) is 4.15. The number of anilines is 1. The van der Waals surface area contributed by atoms with Crippen LogP contribution < -0.4 is 10.6 Å². The summed E-state index contributed by atoms with van der Waals surface area (Å²) < 4.78 is 8.61. The second-order valence-electron chi connectivity index (χ2n) is 5.19. The number of hydrogen-bond acceptors (Lipinski definition) is 5. The lowest BCUT2D eigenvalue weighted by Crippen LogP contribution is -2.32. The number of nitrogens with zero attached hydrogens (tertiary/aromatic N) is 3. The van der Waals surface area contributed by atoms with Gasteiger partial charge in [-0.15, -0.1) is 5.10 Å². The number of pyridine rings is 1. The maximum atomic E-state index is 5.86. The fraction of sp³-hybridized carbons (Fsp3) is 0.571. The van der Waals surface area contributed by atoms with Gasteiger partial charge < -0.3 is 15.4 Å². The second kappa shape index (κ2) is 7.20. The van der Waals surface area contributed by atoms with E-state index in [0.717, 1.165) is 55.6 Å². The van der Waals surface area contributed by atoms with Gasteiger partial charge in [-0.3, -0.25) is 0 Å². The Morgan fingerprint density at radius 1 is 1.38 bits per heavy atom. The second-order valence-corrected chi connectivity index (χ2v) is 6.10. The van der Waals surface area contributed by atoms with Gasteiger partial charge in [-0.05, 0) is 60.4 Å².